The Kier molecular flexibility index (Phi) is 4.80. The molecule has 1 fully saturated rings. The monoisotopic (exact) mass is 411 g/mol. The average molecular weight is 411 g/mol. The summed E-state index contributed by atoms with van der Waals surface area (Å²) in [6.45, 7) is 6.63. The summed E-state index contributed by atoms with van der Waals surface area (Å²) in [7, 11) is 0. The molecular formula is C22H25N3O5. The quantitative estimate of drug-likeness (QED) is 0.749. The molecule has 1 aromatic heterocycles. The Morgan fingerprint density at radius 2 is 1.97 bits per heavy atom. The molecule has 2 atom stereocenters. The van der Waals surface area contributed by atoms with Crippen LogP contribution in [0.2, 0.25) is 0 Å². The number of amides is 2. The first-order valence-electron chi connectivity index (χ1n) is 9.95. The van der Waals surface area contributed by atoms with Crippen LogP contribution in [0.25, 0.3) is 11.3 Å². The van der Waals surface area contributed by atoms with Gasteiger partial charge in [-0.05, 0) is 50.1 Å². The summed E-state index contributed by atoms with van der Waals surface area (Å²) in [5.41, 5.74) is 2.08. The second-order valence-electron chi connectivity index (χ2n) is 8.81. The number of hydrogen-bond donors (Lipinski definition) is 2. The zero-order chi connectivity index (χ0) is 21.6. The van der Waals surface area contributed by atoms with Gasteiger partial charge < -0.3 is 20.1 Å². The van der Waals surface area contributed by atoms with Crippen LogP contribution in [-0.4, -0.2) is 57.9 Å². The van der Waals surface area contributed by atoms with Crippen molar-refractivity contribution in [3.05, 3.63) is 47.7 Å². The number of likely N-dealkylation sites (tertiary alicyclic amines) is 1. The minimum Gasteiger partial charge on any atom is -0.465 e. The van der Waals surface area contributed by atoms with Crippen molar-refractivity contribution in [1.29, 1.82) is 0 Å². The topological polar surface area (TPSA) is 101 Å². The van der Waals surface area contributed by atoms with Crippen LogP contribution in [0.5, 0.6) is 0 Å². The van der Waals surface area contributed by atoms with E-state index in [4.69, 9.17) is 4.74 Å². The average Bonchev–Trinajstić information content (AvgIpc) is 3.29. The van der Waals surface area contributed by atoms with Gasteiger partial charge in [-0.15, -0.1) is 0 Å². The SMILES string of the molecule is CC(C)(C)OC(=O)n1cccc1-c1ccc2c(c1)C(=O)NC[C@H]1CN(C(=O)O)C[C@H]21. The molecule has 2 aromatic rings. The number of rotatable bonds is 1. The van der Waals surface area contributed by atoms with Crippen LogP contribution in [0.3, 0.4) is 0 Å². The molecule has 0 bridgehead atoms. The Balaban J connectivity index is 1.70. The minimum absolute atomic E-state index is 0.0401. The molecule has 30 heavy (non-hydrogen) atoms. The third-order valence-corrected chi connectivity index (χ3v) is 5.57. The van der Waals surface area contributed by atoms with Crippen LogP contribution >= 0.6 is 0 Å². The standard InChI is InChI=1S/C22H25N3O5/c1-22(2,3)30-21(29)25-8-4-5-18(25)13-6-7-15-16(9-13)19(26)23-10-14-11-24(20(27)28)12-17(14)15/h4-9,14,17H,10-12H2,1-3H3,(H,23,26)(H,27,28)/t14-,17-/m0/s1. The third kappa shape index (κ3) is 3.65. The smallest absolute Gasteiger partial charge is 0.418 e. The van der Waals surface area contributed by atoms with E-state index in [-0.39, 0.29) is 17.7 Å². The molecule has 4 rings (SSSR count). The number of benzene rings is 1. The predicted octanol–water partition coefficient (Wildman–Crippen LogP) is 3.38. The van der Waals surface area contributed by atoms with Crippen LogP contribution in [0.1, 0.15) is 42.6 Å². The molecule has 0 spiro atoms. The zero-order valence-corrected chi connectivity index (χ0v) is 17.2. The maximum absolute atomic E-state index is 12.7. The maximum atomic E-state index is 12.7. The van der Waals surface area contributed by atoms with E-state index >= 15 is 0 Å². The normalized spacial score (nSPS) is 20.8. The number of nitrogens with zero attached hydrogens (tertiary/aromatic N) is 2. The molecule has 158 valence electrons. The molecule has 2 aliphatic rings. The van der Waals surface area contributed by atoms with Crippen molar-refractivity contribution >= 4 is 18.1 Å². The summed E-state index contributed by atoms with van der Waals surface area (Å²) >= 11 is 0. The maximum Gasteiger partial charge on any atom is 0.418 e. The molecule has 2 amide bonds. The lowest BCUT2D eigenvalue weighted by atomic mass is 9.86. The lowest BCUT2D eigenvalue weighted by Crippen LogP contribution is -2.31. The van der Waals surface area contributed by atoms with Crippen molar-refractivity contribution in [2.45, 2.75) is 32.3 Å². The van der Waals surface area contributed by atoms with Crippen LogP contribution in [0.15, 0.2) is 36.5 Å². The largest absolute Gasteiger partial charge is 0.465 e. The van der Waals surface area contributed by atoms with Gasteiger partial charge in [0, 0.05) is 43.2 Å². The highest BCUT2D eigenvalue weighted by Crippen LogP contribution is 2.37. The van der Waals surface area contributed by atoms with Crippen LogP contribution < -0.4 is 5.32 Å². The van der Waals surface area contributed by atoms with E-state index < -0.39 is 17.8 Å². The second kappa shape index (κ2) is 7.19. The van der Waals surface area contributed by atoms with E-state index in [1.54, 1.807) is 45.2 Å². The van der Waals surface area contributed by atoms with Gasteiger partial charge in [-0.25, -0.2) is 9.59 Å². The second-order valence-corrected chi connectivity index (χ2v) is 8.81. The molecule has 0 aliphatic carbocycles. The minimum atomic E-state index is -0.942. The van der Waals surface area contributed by atoms with Gasteiger partial charge in [0.1, 0.15) is 5.60 Å². The summed E-state index contributed by atoms with van der Waals surface area (Å²) < 4.78 is 6.90. The van der Waals surface area contributed by atoms with Gasteiger partial charge in [-0.1, -0.05) is 12.1 Å². The Morgan fingerprint density at radius 1 is 1.20 bits per heavy atom. The molecule has 0 radical (unpaired) electrons. The molecule has 2 N–H and O–H groups in total. The molecule has 8 heteroatoms. The zero-order valence-electron chi connectivity index (χ0n) is 17.2. The fraction of sp³-hybridized carbons (Fsp3) is 0.409. The van der Waals surface area contributed by atoms with Crippen molar-refractivity contribution in [2.24, 2.45) is 5.92 Å². The van der Waals surface area contributed by atoms with E-state index in [1.165, 1.54) is 9.47 Å². The Bertz CT molecular complexity index is 1020. The summed E-state index contributed by atoms with van der Waals surface area (Å²) in [6, 6.07) is 9.07. The molecule has 1 saturated heterocycles. The first-order valence-corrected chi connectivity index (χ1v) is 9.95. The van der Waals surface area contributed by atoms with E-state index in [0.29, 0.717) is 36.5 Å². The highest BCUT2D eigenvalue weighted by atomic mass is 16.6. The lowest BCUT2D eigenvalue weighted by Gasteiger charge is -2.21. The van der Waals surface area contributed by atoms with Gasteiger partial charge in [-0.2, -0.15) is 0 Å². The Labute approximate surface area is 174 Å². The van der Waals surface area contributed by atoms with Crippen molar-refractivity contribution < 1.29 is 24.2 Å². The number of aromatic nitrogens is 1. The summed E-state index contributed by atoms with van der Waals surface area (Å²) in [5.74, 6) is -0.178. The molecule has 2 aliphatic heterocycles. The van der Waals surface area contributed by atoms with Gasteiger partial charge in [0.2, 0.25) is 0 Å². The van der Waals surface area contributed by atoms with Crippen molar-refractivity contribution in [1.82, 2.24) is 14.8 Å². The molecule has 8 nitrogen and oxygen atoms in total. The van der Waals surface area contributed by atoms with E-state index in [1.807, 2.05) is 12.1 Å². The number of carboxylic acid groups (broad SMARTS) is 1. The Hall–Kier alpha value is -3.29. The van der Waals surface area contributed by atoms with E-state index in [9.17, 15) is 19.5 Å². The highest BCUT2D eigenvalue weighted by Gasteiger charge is 2.40. The molecular weight excluding hydrogens is 386 g/mol. The fourth-order valence-electron chi connectivity index (χ4n) is 4.23. The molecule has 3 heterocycles. The van der Waals surface area contributed by atoms with Gasteiger partial charge in [0.15, 0.2) is 0 Å². The molecule has 1 aromatic carbocycles. The van der Waals surface area contributed by atoms with E-state index in [2.05, 4.69) is 5.32 Å². The number of ether oxygens (including phenoxy) is 1. The summed E-state index contributed by atoms with van der Waals surface area (Å²) in [4.78, 5) is 38.1. The summed E-state index contributed by atoms with van der Waals surface area (Å²) in [6.07, 6.45) is 0.199. The number of carbonyl (C=O) groups is 3. The predicted molar refractivity (Wildman–Crippen MR) is 110 cm³/mol. The lowest BCUT2D eigenvalue weighted by molar-refractivity contribution is 0.0540. The van der Waals surface area contributed by atoms with Crippen LogP contribution in [-0.2, 0) is 4.74 Å². The van der Waals surface area contributed by atoms with Gasteiger partial charge >= 0.3 is 12.2 Å². The van der Waals surface area contributed by atoms with E-state index in [0.717, 1.165) is 5.56 Å². The van der Waals surface area contributed by atoms with Crippen molar-refractivity contribution in [2.75, 3.05) is 19.6 Å². The molecule has 0 unspecified atom stereocenters. The first-order chi connectivity index (χ1) is 14.1. The van der Waals surface area contributed by atoms with Gasteiger partial charge in [0.05, 0.1) is 5.69 Å². The number of carbonyl (C=O) groups excluding carboxylic acids is 2. The number of fused-ring (bicyclic) bond motifs is 3. The van der Waals surface area contributed by atoms with Gasteiger partial charge in [0.25, 0.3) is 5.91 Å². The van der Waals surface area contributed by atoms with Crippen LogP contribution in [0, 0.1) is 5.92 Å². The summed E-state index contributed by atoms with van der Waals surface area (Å²) in [5, 5.41) is 12.3. The fourth-order valence-corrected chi connectivity index (χ4v) is 4.23. The highest BCUT2D eigenvalue weighted by molar-refractivity contribution is 5.98. The van der Waals surface area contributed by atoms with Crippen molar-refractivity contribution in [3.63, 3.8) is 0 Å². The van der Waals surface area contributed by atoms with Crippen LogP contribution in [0.4, 0.5) is 9.59 Å². The third-order valence-electron chi connectivity index (χ3n) is 5.57. The van der Waals surface area contributed by atoms with Gasteiger partial charge in [-0.3, -0.25) is 9.36 Å². The molecule has 0 saturated carbocycles. The number of hydrogen-bond acceptors (Lipinski definition) is 4. The number of nitrogens with one attached hydrogen (secondary N) is 1. The van der Waals surface area contributed by atoms with Crippen molar-refractivity contribution in [3.8, 4) is 11.3 Å². The Morgan fingerprint density at radius 3 is 2.67 bits per heavy atom. The first kappa shape index (κ1) is 20.0.